The van der Waals surface area contributed by atoms with Crippen molar-refractivity contribution in [2.24, 2.45) is 5.73 Å². The van der Waals surface area contributed by atoms with Gasteiger partial charge in [-0.05, 0) is 63.0 Å². The molecule has 1 fully saturated rings. The quantitative estimate of drug-likeness (QED) is 0.232. The largest absolute Gasteiger partial charge is 0.416 e. The van der Waals surface area contributed by atoms with Gasteiger partial charge < -0.3 is 21.7 Å². The molecule has 3 amide bonds. The summed E-state index contributed by atoms with van der Waals surface area (Å²) in [5.41, 5.74) is 13.2. The molecule has 0 unspecified atom stereocenters. The summed E-state index contributed by atoms with van der Waals surface area (Å²) in [7, 11) is 1.98. The van der Waals surface area contributed by atoms with Crippen molar-refractivity contribution in [1.82, 2.24) is 19.3 Å². The van der Waals surface area contributed by atoms with E-state index in [9.17, 15) is 22.8 Å². The molecule has 0 spiro atoms. The fourth-order valence-corrected chi connectivity index (χ4v) is 6.17. The third kappa shape index (κ3) is 5.50. The number of primary amides is 1. The van der Waals surface area contributed by atoms with E-state index in [1.807, 2.05) is 43.4 Å². The highest BCUT2D eigenvalue weighted by atomic mass is 19.4. The number of anilines is 3. The number of aryl methyl sites for hydroxylation is 1. The molecule has 1 saturated heterocycles. The Hall–Kier alpha value is -5.17. The first-order valence-corrected chi connectivity index (χ1v) is 14.4. The Kier molecular flexibility index (Phi) is 7.57. The van der Waals surface area contributed by atoms with E-state index in [2.05, 4.69) is 15.2 Å². The van der Waals surface area contributed by atoms with E-state index in [0.717, 1.165) is 41.4 Å². The molecule has 0 radical (unpaired) electrons. The van der Waals surface area contributed by atoms with Gasteiger partial charge in [0.1, 0.15) is 5.82 Å². The number of benzene rings is 3. The lowest BCUT2D eigenvalue weighted by molar-refractivity contribution is -0.137. The van der Waals surface area contributed by atoms with Crippen molar-refractivity contribution in [3.8, 4) is 11.3 Å². The molecule has 2 aromatic heterocycles. The minimum absolute atomic E-state index is 0.0119. The van der Waals surface area contributed by atoms with Gasteiger partial charge in [0.05, 0.1) is 34.7 Å². The number of likely N-dealkylation sites (tertiary alicyclic amines) is 1. The number of carbonyl (C=O) groups excluding carboxylic acids is 2. The van der Waals surface area contributed by atoms with Gasteiger partial charge in [-0.2, -0.15) is 13.2 Å². The number of hydrogen-bond acceptors (Lipinski definition) is 6. The molecule has 3 aromatic carbocycles. The Bertz CT molecular complexity index is 1950. The van der Waals surface area contributed by atoms with Crippen LogP contribution in [-0.4, -0.2) is 57.4 Å². The molecular weight excluding hydrogens is 585 g/mol. The van der Waals surface area contributed by atoms with Gasteiger partial charge in [0, 0.05) is 23.2 Å². The SMILES string of the molecule is Cc1nc(-c2ccc(N(C(=O)Nc3cccc(C(F)(F)F)c3)[C@@H]3CCCN(C)C3)c3ccccc23)c2cnc(N)c(C(N)=O)n12. The number of piperidine rings is 1. The number of imidazole rings is 1. The Morgan fingerprint density at radius 3 is 2.53 bits per heavy atom. The number of aromatic nitrogens is 3. The van der Waals surface area contributed by atoms with Gasteiger partial charge in [-0.1, -0.05) is 36.4 Å². The number of alkyl halides is 3. The molecule has 1 aliphatic heterocycles. The molecule has 10 nitrogen and oxygen atoms in total. The lowest BCUT2D eigenvalue weighted by Gasteiger charge is -2.38. The predicted octanol–water partition coefficient (Wildman–Crippen LogP) is 5.69. The van der Waals surface area contributed by atoms with E-state index < -0.39 is 23.7 Å². The molecule has 0 bridgehead atoms. The summed E-state index contributed by atoms with van der Waals surface area (Å²) in [6.07, 6.45) is -1.45. The Morgan fingerprint density at radius 2 is 1.82 bits per heavy atom. The predicted molar refractivity (Wildman–Crippen MR) is 167 cm³/mol. The molecule has 5 N–H and O–H groups in total. The van der Waals surface area contributed by atoms with Gasteiger partial charge in [0.15, 0.2) is 11.5 Å². The Morgan fingerprint density at radius 1 is 1.07 bits per heavy atom. The summed E-state index contributed by atoms with van der Waals surface area (Å²) >= 11 is 0. The van der Waals surface area contributed by atoms with Crippen LogP contribution in [0.3, 0.4) is 0 Å². The molecule has 232 valence electrons. The van der Waals surface area contributed by atoms with Gasteiger partial charge in [-0.15, -0.1) is 0 Å². The van der Waals surface area contributed by atoms with Crippen molar-refractivity contribution in [3.05, 3.63) is 83.9 Å². The maximum absolute atomic E-state index is 14.0. The summed E-state index contributed by atoms with van der Waals surface area (Å²) in [6, 6.07) is 15.0. The zero-order chi connectivity index (χ0) is 32.0. The second-order valence-electron chi connectivity index (χ2n) is 11.2. The van der Waals surface area contributed by atoms with Crippen molar-refractivity contribution in [1.29, 1.82) is 0 Å². The first-order valence-electron chi connectivity index (χ1n) is 14.4. The highest BCUT2D eigenvalue weighted by Gasteiger charge is 2.33. The first kappa shape index (κ1) is 29.9. The van der Waals surface area contributed by atoms with Crippen LogP contribution in [0.4, 0.5) is 35.2 Å². The maximum Gasteiger partial charge on any atom is 0.416 e. The average Bonchev–Trinajstić information content (AvgIpc) is 3.32. The summed E-state index contributed by atoms with van der Waals surface area (Å²) < 4.78 is 41.9. The fraction of sp³-hybridized carbons (Fsp3) is 0.250. The summed E-state index contributed by atoms with van der Waals surface area (Å²) in [6.45, 7) is 3.19. The fourth-order valence-electron chi connectivity index (χ4n) is 6.17. The molecule has 45 heavy (non-hydrogen) atoms. The van der Waals surface area contributed by atoms with Crippen LogP contribution in [0, 0.1) is 6.92 Å². The van der Waals surface area contributed by atoms with Crippen LogP contribution in [0.25, 0.3) is 27.5 Å². The lowest BCUT2D eigenvalue weighted by Crippen LogP contribution is -2.51. The number of nitrogen functional groups attached to an aromatic ring is 1. The zero-order valence-electron chi connectivity index (χ0n) is 24.6. The van der Waals surface area contributed by atoms with Gasteiger partial charge >= 0.3 is 12.2 Å². The third-order valence-corrected chi connectivity index (χ3v) is 8.15. The van der Waals surface area contributed by atoms with Crippen molar-refractivity contribution in [2.45, 2.75) is 32.0 Å². The molecule has 0 aliphatic carbocycles. The summed E-state index contributed by atoms with van der Waals surface area (Å²) in [5, 5.41) is 4.22. The van der Waals surface area contributed by atoms with E-state index in [0.29, 0.717) is 35.7 Å². The molecule has 3 heterocycles. The number of urea groups is 1. The molecule has 13 heteroatoms. The van der Waals surface area contributed by atoms with Gasteiger partial charge in [-0.3, -0.25) is 14.1 Å². The highest BCUT2D eigenvalue weighted by molar-refractivity contribution is 6.12. The number of hydrogen-bond donors (Lipinski definition) is 3. The van der Waals surface area contributed by atoms with E-state index in [4.69, 9.17) is 16.5 Å². The second kappa shape index (κ2) is 11.4. The van der Waals surface area contributed by atoms with Crippen molar-refractivity contribution < 1.29 is 22.8 Å². The van der Waals surface area contributed by atoms with E-state index in [1.165, 1.54) is 18.3 Å². The molecule has 6 rings (SSSR count). The van der Waals surface area contributed by atoms with Crippen molar-refractivity contribution in [3.63, 3.8) is 0 Å². The van der Waals surface area contributed by atoms with Crippen LogP contribution in [0.2, 0.25) is 0 Å². The smallest absolute Gasteiger partial charge is 0.382 e. The van der Waals surface area contributed by atoms with E-state index in [-0.39, 0.29) is 23.2 Å². The summed E-state index contributed by atoms with van der Waals surface area (Å²) in [5.74, 6) is -0.261. The molecule has 5 aromatic rings. The number of nitrogens with two attached hydrogens (primary N) is 2. The van der Waals surface area contributed by atoms with E-state index in [1.54, 1.807) is 16.2 Å². The maximum atomic E-state index is 14.0. The third-order valence-electron chi connectivity index (χ3n) is 8.15. The Balaban J connectivity index is 1.49. The topological polar surface area (TPSA) is 135 Å². The number of amides is 3. The number of halogens is 3. The average molecular weight is 617 g/mol. The number of fused-ring (bicyclic) bond motifs is 2. The standard InChI is InChI=1S/C32H31F3N8O2/c1-18-39-27(26-16-38-29(36)28(30(37)44)42(18)26)24-12-13-25(23-11-4-3-10-22(23)24)43(21-9-6-14-41(2)17-21)31(45)40-20-8-5-7-19(15-20)32(33,34)35/h3-5,7-8,10-13,15-16,21H,6,9,14,17,36H2,1-2H3,(H2,37,44)(H,40,45)/t21-/m1/s1. The normalized spacial score (nSPS) is 15.8. The molecule has 1 aliphatic rings. The second-order valence-corrected chi connectivity index (χ2v) is 11.2. The number of rotatable bonds is 5. The van der Waals surface area contributed by atoms with Crippen LogP contribution in [0.5, 0.6) is 0 Å². The van der Waals surface area contributed by atoms with Gasteiger partial charge in [-0.25, -0.2) is 14.8 Å². The highest BCUT2D eigenvalue weighted by Crippen LogP contribution is 2.39. The molecule has 1 atom stereocenters. The number of nitrogens with zero attached hydrogens (tertiary/aromatic N) is 5. The van der Waals surface area contributed by atoms with Gasteiger partial charge in [0.2, 0.25) is 0 Å². The number of nitrogens with one attached hydrogen (secondary N) is 1. The minimum Gasteiger partial charge on any atom is -0.382 e. The van der Waals surface area contributed by atoms with Crippen LogP contribution < -0.4 is 21.7 Å². The van der Waals surface area contributed by atoms with Crippen LogP contribution in [0.1, 0.15) is 34.7 Å². The van der Waals surface area contributed by atoms with Crippen molar-refractivity contribution >= 4 is 45.4 Å². The summed E-state index contributed by atoms with van der Waals surface area (Å²) in [4.78, 5) is 39.0. The molecule has 0 saturated carbocycles. The lowest BCUT2D eigenvalue weighted by atomic mass is 9.97. The van der Waals surface area contributed by atoms with Crippen LogP contribution in [0.15, 0.2) is 66.9 Å². The van der Waals surface area contributed by atoms with Crippen LogP contribution in [-0.2, 0) is 6.18 Å². The van der Waals surface area contributed by atoms with Crippen LogP contribution >= 0.6 is 0 Å². The van der Waals surface area contributed by atoms with Gasteiger partial charge in [0.25, 0.3) is 5.91 Å². The zero-order valence-corrected chi connectivity index (χ0v) is 24.6. The van der Waals surface area contributed by atoms with Crippen molar-refractivity contribution in [2.75, 3.05) is 36.1 Å². The number of carbonyl (C=O) groups is 2. The number of likely N-dealkylation sites (N-methyl/N-ethyl adjacent to an activating group) is 1. The van der Waals surface area contributed by atoms with E-state index >= 15 is 0 Å². The minimum atomic E-state index is -4.55. The monoisotopic (exact) mass is 616 g/mol. The Labute approximate surface area is 256 Å². The molecular formula is C32H31F3N8O2. The first-order chi connectivity index (χ1) is 21.4.